The van der Waals surface area contributed by atoms with Gasteiger partial charge >= 0.3 is 18.1 Å². The van der Waals surface area contributed by atoms with Crippen molar-refractivity contribution in [2.45, 2.75) is 65.3 Å². The molecule has 27 heteroatoms. The molecule has 0 fully saturated rings. The van der Waals surface area contributed by atoms with Crippen molar-refractivity contribution >= 4 is 69.9 Å². The number of hydrogen-bond acceptors (Lipinski definition) is 18. The zero-order chi connectivity index (χ0) is 63.5. The number of carbonyl (C=O) groups is 8. The molecule has 7 rings (SSSR count). The number of anilines is 2. The van der Waals surface area contributed by atoms with Gasteiger partial charge in [0.25, 0.3) is 11.8 Å². The molecule has 0 saturated heterocycles. The molecule has 0 saturated carbocycles. The average molecular weight is 1230 g/mol. The number of rotatable bonds is 37. The number of aromatic nitrogens is 4. The maximum absolute atomic E-state index is 13.7. The highest BCUT2D eigenvalue weighted by Gasteiger charge is 2.29. The van der Waals surface area contributed by atoms with Crippen molar-refractivity contribution in [2.24, 2.45) is 11.7 Å². The second-order valence-electron chi connectivity index (χ2n) is 20.6. The van der Waals surface area contributed by atoms with Crippen LogP contribution in [0.2, 0.25) is 0 Å². The van der Waals surface area contributed by atoms with Gasteiger partial charge in [0.05, 0.1) is 101 Å². The highest BCUT2D eigenvalue weighted by Crippen LogP contribution is 2.32. The van der Waals surface area contributed by atoms with E-state index in [9.17, 15) is 43.5 Å². The number of carbonyl (C=O) groups excluding carboxylic acids is 7. The van der Waals surface area contributed by atoms with Gasteiger partial charge in [-0.2, -0.15) is 0 Å². The molecule has 8 amide bonds. The monoisotopic (exact) mass is 1230 g/mol. The van der Waals surface area contributed by atoms with Gasteiger partial charge < -0.3 is 76.1 Å². The number of amides is 8. The molecule has 4 heterocycles. The lowest BCUT2D eigenvalue weighted by Crippen LogP contribution is -2.54. The van der Waals surface area contributed by atoms with Crippen LogP contribution in [0.15, 0.2) is 109 Å². The van der Waals surface area contributed by atoms with Crippen LogP contribution in [0.4, 0.5) is 21.0 Å². The first-order chi connectivity index (χ1) is 43.0. The molecule has 1 aliphatic heterocycles. The normalized spacial score (nSPS) is 12.6. The number of hydrogen-bond donors (Lipinski definition) is 9. The van der Waals surface area contributed by atoms with Crippen LogP contribution in [-0.4, -0.2) is 169 Å². The first-order valence-electron chi connectivity index (χ1n) is 28.9. The average Bonchev–Trinajstić information content (AvgIpc) is 1.96. The molecule has 3 aromatic carbocycles. The van der Waals surface area contributed by atoms with Crippen molar-refractivity contribution in [3.8, 4) is 28.4 Å². The predicted octanol–water partition coefficient (Wildman–Crippen LogP) is 5.00. The number of aromatic amines is 1. The fourth-order valence-electron chi connectivity index (χ4n) is 8.84. The second-order valence-corrected chi connectivity index (χ2v) is 20.6. The van der Waals surface area contributed by atoms with E-state index in [0.29, 0.717) is 60.6 Å². The van der Waals surface area contributed by atoms with Gasteiger partial charge in [-0.1, -0.05) is 38.1 Å². The Labute approximate surface area is 513 Å². The largest absolute Gasteiger partial charge is 0.490 e. The molecule has 2 unspecified atom stereocenters. The van der Waals surface area contributed by atoms with Crippen LogP contribution in [0.1, 0.15) is 60.5 Å². The number of aryl methyl sites for hydroxylation is 1. The number of nitrogens with two attached hydrogens (primary N) is 1. The molecule has 6 aromatic rings. The van der Waals surface area contributed by atoms with E-state index in [0.717, 1.165) is 38.4 Å². The molecule has 2 atom stereocenters. The number of nitrogens with one attached hydrogen (secondary N) is 7. The Kier molecular flexibility index (Phi) is 25.8. The molecule has 1 aliphatic rings. The molecule has 0 spiro atoms. The van der Waals surface area contributed by atoms with E-state index in [1.807, 2.05) is 49.4 Å². The van der Waals surface area contributed by atoms with Crippen molar-refractivity contribution in [2.75, 3.05) is 89.7 Å². The number of aromatic carboxylic acids is 1. The van der Waals surface area contributed by atoms with Gasteiger partial charge in [-0.3, -0.25) is 38.8 Å². The number of urea groups is 1. The fourth-order valence-corrected chi connectivity index (χ4v) is 8.84. The van der Waals surface area contributed by atoms with Gasteiger partial charge in [0.1, 0.15) is 42.6 Å². The minimum Gasteiger partial charge on any atom is -0.490 e. The van der Waals surface area contributed by atoms with Gasteiger partial charge in [0.2, 0.25) is 17.7 Å². The maximum atomic E-state index is 13.7. The van der Waals surface area contributed by atoms with E-state index < -0.39 is 47.9 Å². The summed E-state index contributed by atoms with van der Waals surface area (Å²) in [5, 5.41) is 26.8. The number of alkyl carbamates (subject to hydrolysis) is 1. The molecule has 0 aliphatic carbocycles. The number of carboxylic acids is 1. The van der Waals surface area contributed by atoms with Gasteiger partial charge in [-0.25, -0.2) is 19.4 Å². The van der Waals surface area contributed by atoms with Crippen LogP contribution >= 0.6 is 0 Å². The van der Waals surface area contributed by atoms with Crippen LogP contribution in [0.25, 0.3) is 33.5 Å². The third-order valence-electron chi connectivity index (χ3n) is 13.5. The molecule has 3 aromatic heterocycles. The van der Waals surface area contributed by atoms with E-state index in [2.05, 4.69) is 41.9 Å². The second kappa shape index (κ2) is 34.5. The highest BCUT2D eigenvalue weighted by molar-refractivity contribution is 6.12. The number of nitrogens with zero attached hydrogens (tertiary/aromatic N) is 4. The van der Waals surface area contributed by atoms with Crippen molar-refractivity contribution < 1.29 is 71.9 Å². The van der Waals surface area contributed by atoms with Crippen LogP contribution in [0.5, 0.6) is 5.75 Å². The van der Waals surface area contributed by atoms with E-state index in [-0.39, 0.29) is 108 Å². The topological polar surface area (TPSA) is 368 Å². The van der Waals surface area contributed by atoms with Crippen molar-refractivity contribution in [3.63, 3.8) is 0 Å². The lowest BCUT2D eigenvalue weighted by Gasteiger charge is -2.25. The zero-order valence-corrected chi connectivity index (χ0v) is 49.7. The lowest BCUT2D eigenvalue weighted by molar-refractivity contribution is -0.137. The third kappa shape index (κ3) is 21.8. The van der Waals surface area contributed by atoms with Crippen molar-refractivity contribution in [1.82, 2.24) is 46.1 Å². The Balaban J connectivity index is 0.809. The first kappa shape index (κ1) is 66.7. The predicted molar refractivity (Wildman–Crippen MR) is 326 cm³/mol. The van der Waals surface area contributed by atoms with Gasteiger partial charge in [0, 0.05) is 53.1 Å². The Bertz CT molecular complexity index is 3400. The SMILES string of the molecule is Cc1cccc(-c2nc(CNc3ccc(C(=O)O)cc3)[nH]c2-c2ccc3ncc(OCCNC(=O)OCc4ccc(NC(=O)C(CCCNC(N)=O)NC(=O)C(NC(=O)CCOCCOCCOCCOCCN5C(=O)C=CC5=O)C(C)C)cc4)cc3c2)n1. The summed E-state index contributed by atoms with van der Waals surface area (Å²) >= 11 is 0. The lowest BCUT2D eigenvalue weighted by atomic mass is 10.0. The summed E-state index contributed by atoms with van der Waals surface area (Å²) in [5.74, 6) is -2.55. The standard InChI is InChI=1S/C62H74N12O15/c1-39(2)55(73-52(75)21-25-84-28-30-86-32-33-87-31-29-85-27-24-74-53(76)19-20-54(74)77)59(79)70-50(8-5-22-64-61(63)82)58(78)69-46-14-9-41(10-15-46)38-89-62(83)65-23-26-88-47-35-44-34-43(13-18-48(44)67-36-47)56-57(49-7-4-6-40(3)68-49)72-51(71-56)37-66-45-16-11-42(12-17-45)60(80)81/h4,6-7,9-20,34-36,39,50,55,66H,5,8,21-33,37-38H2,1-3H3,(H,65,83)(H,69,78)(H,70,79)(H,71,72)(H,73,75)(H,80,81)(H3,63,64,82). The molecule has 10 N–H and O–H groups in total. The fraction of sp³-hybridized carbons (Fsp3) is 0.371. The highest BCUT2D eigenvalue weighted by atomic mass is 16.6. The Morgan fingerprint density at radius 1 is 0.730 bits per heavy atom. The number of carboxylic acid groups (broad SMARTS) is 1. The molecule has 89 heavy (non-hydrogen) atoms. The quantitative estimate of drug-likeness (QED) is 0.0183. The first-order valence-corrected chi connectivity index (χ1v) is 28.9. The van der Waals surface area contributed by atoms with E-state index >= 15 is 0 Å². The number of imidazole rings is 1. The van der Waals surface area contributed by atoms with Crippen LogP contribution in [-0.2, 0) is 60.8 Å². The minimum absolute atomic E-state index is 0.0424. The summed E-state index contributed by atoms with van der Waals surface area (Å²) in [4.78, 5) is 118. The van der Waals surface area contributed by atoms with Crippen LogP contribution in [0, 0.1) is 12.8 Å². The summed E-state index contributed by atoms with van der Waals surface area (Å²) in [5.41, 5.74) is 11.6. The number of imide groups is 1. The molecular formula is C62H74N12O15. The van der Waals surface area contributed by atoms with E-state index in [1.54, 1.807) is 56.4 Å². The summed E-state index contributed by atoms with van der Waals surface area (Å²) < 4.78 is 33.2. The smallest absolute Gasteiger partial charge is 0.407 e. The van der Waals surface area contributed by atoms with E-state index in [1.165, 1.54) is 24.3 Å². The number of primary amides is 1. The van der Waals surface area contributed by atoms with Crippen molar-refractivity contribution in [1.29, 1.82) is 0 Å². The number of fused-ring (bicyclic) bond motifs is 1. The van der Waals surface area contributed by atoms with Crippen LogP contribution in [0.3, 0.4) is 0 Å². The maximum Gasteiger partial charge on any atom is 0.407 e. The van der Waals surface area contributed by atoms with Crippen molar-refractivity contribution in [3.05, 3.63) is 132 Å². The van der Waals surface area contributed by atoms with Crippen LogP contribution < -0.4 is 42.4 Å². The summed E-state index contributed by atoms with van der Waals surface area (Å²) in [7, 11) is 0. The Hall–Kier alpha value is -9.83. The zero-order valence-electron chi connectivity index (χ0n) is 49.7. The molecule has 472 valence electrons. The van der Waals surface area contributed by atoms with Gasteiger partial charge in [-0.15, -0.1) is 0 Å². The number of H-pyrrole nitrogens is 1. The number of ether oxygens (including phenoxy) is 6. The summed E-state index contributed by atoms with van der Waals surface area (Å²) in [6.45, 7) is 8.11. The molecular weight excluding hydrogens is 1150 g/mol. The number of pyridine rings is 2. The summed E-state index contributed by atoms with van der Waals surface area (Å²) in [6, 6.07) is 23.6. The molecule has 27 nitrogen and oxygen atoms in total. The van der Waals surface area contributed by atoms with Gasteiger partial charge in [0.15, 0.2) is 0 Å². The Morgan fingerprint density at radius 3 is 2.09 bits per heavy atom. The number of benzene rings is 3. The third-order valence-corrected chi connectivity index (χ3v) is 13.5. The summed E-state index contributed by atoms with van der Waals surface area (Å²) in [6.07, 6.45) is 3.71. The van der Waals surface area contributed by atoms with Gasteiger partial charge in [-0.05, 0) is 98.0 Å². The molecule has 0 radical (unpaired) electrons. The minimum atomic E-state index is -1.07. The Morgan fingerprint density at radius 2 is 1.42 bits per heavy atom. The van der Waals surface area contributed by atoms with E-state index in [4.69, 9.17) is 44.1 Å². The molecule has 0 bridgehead atoms.